The summed E-state index contributed by atoms with van der Waals surface area (Å²) in [7, 11) is -1.90. The van der Waals surface area contributed by atoms with Crippen LogP contribution in [0.5, 0.6) is 5.75 Å². The van der Waals surface area contributed by atoms with Gasteiger partial charge in [0.25, 0.3) is 10.2 Å². The molecule has 0 bridgehead atoms. The van der Waals surface area contributed by atoms with Gasteiger partial charge < -0.3 is 9.47 Å². The van der Waals surface area contributed by atoms with Crippen molar-refractivity contribution in [1.82, 2.24) is 8.61 Å². The molecule has 1 aromatic rings. The van der Waals surface area contributed by atoms with Crippen LogP contribution in [-0.4, -0.2) is 62.5 Å². The molecule has 1 aromatic carbocycles. The summed E-state index contributed by atoms with van der Waals surface area (Å²) in [5.74, 6) is 0.784. The SMILES string of the molecule is Cc1ccccc1OCCN(C)S(=O)(=O)N1CC(C)OC(C)C1. The van der Waals surface area contributed by atoms with Gasteiger partial charge in [0, 0.05) is 26.7 Å². The summed E-state index contributed by atoms with van der Waals surface area (Å²) in [5.41, 5.74) is 1.04. The third-order valence-electron chi connectivity index (χ3n) is 3.86. The van der Waals surface area contributed by atoms with Gasteiger partial charge in [0.1, 0.15) is 12.4 Å². The fourth-order valence-corrected chi connectivity index (χ4v) is 4.13. The first-order chi connectivity index (χ1) is 10.8. The molecule has 130 valence electrons. The first-order valence-electron chi connectivity index (χ1n) is 7.86. The molecule has 7 heteroatoms. The Kier molecular flexibility index (Phi) is 6.02. The van der Waals surface area contributed by atoms with E-state index in [2.05, 4.69) is 0 Å². The van der Waals surface area contributed by atoms with Gasteiger partial charge in [-0.2, -0.15) is 17.0 Å². The van der Waals surface area contributed by atoms with Gasteiger partial charge in [0.15, 0.2) is 0 Å². The quantitative estimate of drug-likeness (QED) is 0.789. The predicted octanol–water partition coefficient (Wildman–Crippen LogP) is 1.66. The molecule has 6 nitrogen and oxygen atoms in total. The second-order valence-corrected chi connectivity index (χ2v) is 8.05. The summed E-state index contributed by atoms with van der Waals surface area (Å²) in [6.45, 7) is 7.13. The topological polar surface area (TPSA) is 59.1 Å². The van der Waals surface area contributed by atoms with Crippen molar-refractivity contribution in [2.45, 2.75) is 33.0 Å². The molecule has 2 unspecified atom stereocenters. The van der Waals surface area contributed by atoms with E-state index < -0.39 is 10.2 Å². The highest BCUT2D eigenvalue weighted by Crippen LogP contribution is 2.18. The van der Waals surface area contributed by atoms with Crippen molar-refractivity contribution in [3.8, 4) is 5.75 Å². The summed E-state index contributed by atoms with van der Waals surface area (Å²) >= 11 is 0. The first kappa shape index (κ1) is 18.2. The number of hydrogen-bond acceptors (Lipinski definition) is 4. The summed E-state index contributed by atoms with van der Waals surface area (Å²) in [6, 6.07) is 7.69. The lowest BCUT2D eigenvalue weighted by Gasteiger charge is -2.36. The zero-order valence-corrected chi connectivity index (χ0v) is 15.0. The van der Waals surface area contributed by atoms with Gasteiger partial charge in [-0.15, -0.1) is 0 Å². The normalized spacial score (nSPS) is 23.2. The average molecular weight is 342 g/mol. The number of likely N-dealkylation sites (N-methyl/N-ethyl adjacent to an activating group) is 1. The molecule has 1 aliphatic heterocycles. The van der Waals surface area contributed by atoms with E-state index in [1.54, 1.807) is 7.05 Å². The van der Waals surface area contributed by atoms with Crippen LogP contribution in [0.1, 0.15) is 19.4 Å². The largest absolute Gasteiger partial charge is 0.492 e. The molecule has 0 saturated carbocycles. The highest BCUT2D eigenvalue weighted by molar-refractivity contribution is 7.86. The number of morpholine rings is 1. The maximum Gasteiger partial charge on any atom is 0.282 e. The molecule has 23 heavy (non-hydrogen) atoms. The Labute approximate surface area is 139 Å². The molecule has 0 aromatic heterocycles. The molecule has 0 spiro atoms. The van der Waals surface area contributed by atoms with Crippen LogP contribution in [0.25, 0.3) is 0 Å². The fourth-order valence-electron chi connectivity index (χ4n) is 2.63. The van der Waals surface area contributed by atoms with Crippen LogP contribution < -0.4 is 4.74 Å². The summed E-state index contributed by atoms with van der Waals surface area (Å²) in [4.78, 5) is 0. The monoisotopic (exact) mass is 342 g/mol. The van der Waals surface area contributed by atoms with Crippen molar-refractivity contribution >= 4 is 10.2 Å². The molecule has 2 atom stereocenters. The standard InChI is InChI=1S/C16H26N2O4S/c1-13-7-5-6-8-16(13)21-10-9-17(4)23(19,20)18-11-14(2)22-15(3)12-18/h5-8,14-15H,9-12H2,1-4H3. The lowest BCUT2D eigenvalue weighted by Crippen LogP contribution is -2.52. The summed E-state index contributed by atoms with van der Waals surface area (Å²) in [6.07, 6.45) is -0.185. The second kappa shape index (κ2) is 7.61. The van der Waals surface area contributed by atoms with Crippen molar-refractivity contribution in [2.75, 3.05) is 33.3 Å². The van der Waals surface area contributed by atoms with Crippen LogP contribution in [0.4, 0.5) is 0 Å². The maximum absolute atomic E-state index is 12.6. The molecule has 2 rings (SSSR count). The number of rotatable bonds is 6. The number of ether oxygens (including phenoxy) is 2. The molecule has 1 heterocycles. The van der Waals surface area contributed by atoms with E-state index in [-0.39, 0.29) is 12.2 Å². The van der Waals surface area contributed by atoms with Crippen LogP contribution in [0.15, 0.2) is 24.3 Å². The van der Waals surface area contributed by atoms with Gasteiger partial charge in [-0.3, -0.25) is 0 Å². The van der Waals surface area contributed by atoms with E-state index in [1.807, 2.05) is 45.0 Å². The molecule has 0 amide bonds. The van der Waals surface area contributed by atoms with E-state index >= 15 is 0 Å². The van der Waals surface area contributed by atoms with Crippen LogP contribution in [0, 0.1) is 6.92 Å². The van der Waals surface area contributed by atoms with Crippen molar-refractivity contribution in [3.05, 3.63) is 29.8 Å². The highest BCUT2D eigenvalue weighted by atomic mass is 32.2. The minimum absolute atomic E-state index is 0.0925. The van der Waals surface area contributed by atoms with Crippen molar-refractivity contribution in [3.63, 3.8) is 0 Å². The lowest BCUT2D eigenvalue weighted by molar-refractivity contribution is -0.0453. The van der Waals surface area contributed by atoms with Crippen molar-refractivity contribution in [1.29, 1.82) is 0 Å². The molecule has 1 aliphatic rings. The van der Waals surface area contributed by atoms with Gasteiger partial charge in [0.05, 0.1) is 12.2 Å². The molecule has 1 saturated heterocycles. The Bertz CT molecular complexity index is 610. The molecular formula is C16H26N2O4S. The molecule has 0 N–H and O–H groups in total. The van der Waals surface area contributed by atoms with Crippen LogP contribution in [0.3, 0.4) is 0 Å². The number of aryl methyl sites for hydroxylation is 1. The average Bonchev–Trinajstić information content (AvgIpc) is 2.48. The zero-order chi connectivity index (χ0) is 17.0. The van der Waals surface area contributed by atoms with Gasteiger partial charge in [-0.05, 0) is 32.4 Å². The first-order valence-corrected chi connectivity index (χ1v) is 9.25. The van der Waals surface area contributed by atoms with Gasteiger partial charge >= 0.3 is 0 Å². The maximum atomic E-state index is 12.6. The molecular weight excluding hydrogens is 316 g/mol. The minimum Gasteiger partial charge on any atom is -0.492 e. The third-order valence-corrected chi connectivity index (χ3v) is 5.78. The Balaban J connectivity index is 1.91. The number of nitrogens with zero attached hydrogens (tertiary/aromatic N) is 2. The van der Waals surface area contributed by atoms with Gasteiger partial charge in [-0.25, -0.2) is 0 Å². The number of hydrogen-bond donors (Lipinski definition) is 0. The van der Waals surface area contributed by atoms with E-state index in [9.17, 15) is 8.42 Å². The lowest BCUT2D eigenvalue weighted by atomic mass is 10.2. The van der Waals surface area contributed by atoms with Gasteiger partial charge in [0.2, 0.25) is 0 Å². The fraction of sp³-hybridized carbons (Fsp3) is 0.625. The molecule has 0 radical (unpaired) electrons. The predicted molar refractivity (Wildman–Crippen MR) is 89.8 cm³/mol. The van der Waals surface area contributed by atoms with Crippen molar-refractivity contribution in [2.24, 2.45) is 0 Å². The van der Waals surface area contributed by atoms with E-state index in [0.717, 1.165) is 11.3 Å². The Morgan fingerprint density at radius 3 is 2.48 bits per heavy atom. The summed E-state index contributed by atoms with van der Waals surface area (Å²) < 4.78 is 39.4. The molecule has 1 fully saturated rings. The minimum atomic E-state index is -3.49. The second-order valence-electron chi connectivity index (χ2n) is 6.02. The smallest absolute Gasteiger partial charge is 0.282 e. The number of benzene rings is 1. The molecule has 0 aliphatic carbocycles. The van der Waals surface area contributed by atoms with E-state index in [4.69, 9.17) is 9.47 Å². The third kappa shape index (κ3) is 4.67. The van der Waals surface area contributed by atoms with E-state index in [0.29, 0.717) is 26.2 Å². The van der Waals surface area contributed by atoms with Crippen molar-refractivity contribution < 1.29 is 17.9 Å². The van der Waals surface area contributed by atoms with Crippen LogP contribution in [-0.2, 0) is 14.9 Å². The Morgan fingerprint density at radius 2 is 1.87 bits per heavy atom. The number of para-hydroxylation sites is 1. The highest BCUT2D eigenvalue weighted by Gasteiger charge is 2.33. The van der Waals surface area contributed by atoms with Crippen LogP contribution >= 0.6 is 0 Å². The van der Waals surface area contributed by atoms with Gasteiger partial charge in [-0.1, -0.05) is 18.2 Å². The van der Waals surface area contributed by atoms with Crippen LogP contribution in [0.2, 0.25) is 0 Å². The summed E-state index contributed by atoms with van der Waals surface area (Å²) in [5, 5.41) is 0. The Morgan fingerprint density at radius 1 is 1.26 bits per heavy atom. The Hall–Kier alpha value is -1.15. The zero-order valence-electron chi connectivity index (χ0n) is 14.2. The van der Waals surface area contributed by atoms with E-state index in [1.165, 1.54) is 8.61 Å².